The molecule has 0 spiro atoms. The van der Waals surface area contributed by atoms with E-state index in [1.807, 2.05) is 31.2 Å². The number of anilines is 2. The van der Waals surface area contributed by atoms with Gasteiger partial charge in [0.2, 0.25) is 5.91 Å². The molecule has 10 nitrogen and oxygen atoms in total. The number of aryl methyl sites for hydroxylation is 1. The molecule has 0 bridgehead atoms. The summed E-state index contributed by atoms with van der Waals surface area (Å²) in [6, 6.07) is 17.2. The molecule has 0 radical (unpaired) electrons. The quantitative estimate of drug-likeness (QED) is 0.165. The number of para-hydroxylation sites is 1. The van der Waals surface area contributed by atoms with Crippen LogP contribution in [0, 0.1) is 16.0 Å². The van der Waals surface area contributed by atoms with Crippen molar-refractivity contribution in [1.82, 2.24) is 0 Å². The second kappa shape index (κ2) is 9.30. The van der Waals surface area contributed by atoms with Gasteiger partial charge in [0.1, 0.15) is 11.3 Å². The first kappa shape index (κ1) is 23.9. The van der Waals surface area contributed by atoms with E-state index in [1.54, 1.807) is 4.90 Å². The third-order valence-corrected chi connectivity index (χ3v) is 6.51. The molecule has 0 aliphatic carbocycles. The van der Waals surface area contributed by atoms with Crippen molar-refractivity contribution in [3.05, 3.63) is 93.5 Å². The monoisotopic (exact) mass is 499 g/mol. The molecule has 2 heterocycles. The standard InChI is InChI=1S/C27H21N3O7/c1-2-16-7-3-4-11-21(16)28-15-17(13-23(28)31)27(34)37-19-9-5-8-18(14-19)29-25(32)20-10-6-12-22(30(35)36)24(20)26(29)33/h3-12,14,17H,2,13,15H2,1H3/t17-/m0/s1. The average Bonchev–Trinajstić information content (AvgIpc) is 3.41. The van der Waals surface area contributed by atoms with Gasteiger partial charge in [-0.1, -0.05) is 37.3 Å². The number of nitro groups is 1. The van der Waals surface area contributed by atoms with Crippen molar-refractivity contribution in [3.8, 4) is 5.75 Å². The van der Waals surface area contributed by atoms with Gasteiger partial charge in [0.15, 0.2) is 0 Å². The fraction of sp³-hybridized carbons (Fsp3) is 0.185. The predicted octanol–water partition coefficient (Wildman–Crippen LogP) is 3.92. The summed E-state index contributed by atoms with van der Waals surface area (Å²) >= 11 is 0. The Morgan fingerprint density at radius 1 is 1.03 bits per heavy atom. The largest absolute Gasteiger partial charge is 0.426 e. The summed E-state index contributed by atoms with van der Waals surface area (Å²) < 4.78 is 5.52. The molecule has 3 aromatic rings. The number of esters is 1. The zero-order chi connectivity index (χ0) is 26.3. The van der Waals surface area contributed by atoms with E-state index in [0.717, 1.165) is 28.6 Å². The minimum Gasteiger partial charge on any atom is -0.426 e. The van der Waals surface area contributed by atoms with E-state index in [4.69, 9.17) is 4.74 Å². The SMILES string of the molecule is CCc1ccccc1N1C[C@@H](C(=O)Oc2cccc(N3C(=O)c4cccc([N+](=O)[O-])c4C3=O)c2)CC1=O. The molecular weight excluding hydrogens is 478 g/mol. The van der Waals surface area contributed by atoms with Crippen molar-refractivity contribution in [1.29, 1.82) is 0 Å². The molecule has 37 heavy (non-hydrogen) atoms. The number of ether oxygens (including phenoxy) is 1. The fourth-order valence-electron chi connectivity index (χ4n) is 4.71. The lowest BCUT2D eigenvalue weighted by Crippen LogP contribution is -2.29. The van der Waals surface area contributed by atoms with E-state index in [0.29, 0.717) is 0 Å². The first-order valence-electron chi connectivity index (χ1n) is 11.7. The van der Waals surface area contributed by atoms with Crippen molar-refractivity contribution >= 4 is 40.8 Å². The number of benzene rings is 3. The highest BCUT2D eigenvalue weighted by molar-refractivity contribution is 6.35. The van der Waals surface area contributed by atoms with Gasteiger partial charge in [0.25, 0.3) is 17.5 Å². The third kappa shape index (κ3) is 4.12. The highest BCUT2D eigenvalue weighted by Gasteiger charge is 2.42. The van der Waals surface area contributed by atoms with Crippen molar-refractivity contribution in [2.45, 2.75) is 19.8 Å². The lowest BCUT2D eigenvalue weighted by atomic mass is 10.1. The summed E-state index contributed by atoms with van der Waals surface area (Å²) in [6.07, 6.45) is 0.738. The van der Waals surface area contributed by atoms with E-state index in [9.17, 15) is 29.3 Å². The third-order valence-electron chi connectivity index (χ3n) is 6.51. The van der Waals surface area contributed by atoms with E-state index in [2.05, 4.69) is 0 Å². The van der Waals surface area contributed by atoms with Gasteiger partial charge in [0, 0.05) is 30.8 Å². The van der Waals surface area contributed by atoms with Gasteiger partial charge < -0.3 is 9.64 Å². The molecule has 0 unspecified atom stereocenters. The van der Waals surface area contributed by atoms with Gasteiger partial charge in [-0.15, -0.1) is 0 Å². The second-order valence-corrected chi connectivity index (χ2v) is 8.71. The number of nitro benzene ring substituents is 1. The second-order valence-electron chi connectivity index (χ2n) is 8.71. The van der Waals surface area contributed by atoms with E-state index in [-0.39, 0.29) is 41.4 Å². The lowest BCUT2D eigenvalue weighted by molar-refractivity contribution is -0.385. The van der Waals surface area contributed by atoms with Gasteiger partial charge in [-0.2, -0.15) is 0 Å². The first-order valence-corrected chi connectivity index (χ1v) is 11.7. The average molecular weight is 499 g/mol. The summed E-state index contributed by atoms with van der Waals surface area (Å²) in [6.45, 7) is 2.17. The lowest BCUT2D eigenvalue weighted by Gasteiger charge is -2.20. The Morgan fingerprint density at radius 2 is 1.78 bits per heavy atom. The minimum absolute atomic E-state index is 0.00134. The van der Waals surface area contributed by atoms with Crippen LogP contribution in [0.4, 0.5) is 17.1 Å². The fourth-order valence-corrected chi connectivity index (χ4v) is 4.71. The molecule has 0 N–H and O–H groups in total. The summed E-state index contributed by atoms with van der Waals surface area (Å²) in [5, 5.41) is 11.4. The van der Waals surface area contributed by atoms with Crippen molar-refractivity contribution in [2.75, 3.05) is 16.3 Å². The zero-order valence-electron chi connectivity index (χ0n) is 19.7. The summed E-state index contributed by atoms with van der Waals surface area (Å²) in [5.41, 5.74) is 1.06. The van der Waals surface area contributed by atoms with Crippen molar-refractivity contribution in [3.63, 3.8) is 0 Å². The summed E-state index contributed by atoms with van der Waals surface area (Å²) in [7, 11) is 0. The number of carbonyl (C=O) groups excluding carboxylic acids is 4. The number of hydrogen-bond donors (Lipinski definition) is 0. The molecule has 0 saturated carbocycles. The number of imide groups is 1. The predicted molar refractivity (Wildman–Crippen MR) is 133 cm³/mol. The van der Waals surface area contributed by atoms with Crippen LogP contribution in [0.25, 0.3) is 0 Å². The number of hydrogen-bond acceptors (Lipinski definition) is 7. The Bertz CT molecular complexity index is 1480. The normalized spacial score (nSPS) is 16.8. The molecule has 186 valence electrons. The highest BCUT2D eigenvalue weighted by atomic mass is 16.6. The van der Waals surface area contributed by atoms with Crippen LogP contribution in [0.3, 0.4) is 0 Å². The molecule has 5 rings (SSSR count). The van der Waals surface area contributed by atoms with Gasteiger partial charge in [0.05, 0.1) is 22.1 Å². The molecule has 2 aliphatic heterocycles. The number of carbonyl (C=O) groups is 4. The molecule has 3 aromatic carbocycles. The van der Waals surface area contributed by atoms with Gasteiger partial charge >= 0.3 is 5.97 Å². The van der Waals surface area contributed by atoms with E-state index >= 15 is 0 Å². The van der Waals surface area contributed by atoms with Crippen molar-refractivity contribution in [2.24, 2.45) is 5.92 Å². The number of rotatable bonds is 6. The summed E-state index contributed by atoms with van der Waals surface area (Å²) in [4.78, 5) is 64.6. The van der Waals surface area contributed by atoms with Crippen LogP contribution >= 0.6 is 0 Å². The Balaban J connectivity index is 1.34. The Kier molecular flexibility index (Phi) is 6.00. The molecule has 1 atom stereocenters. The minimum atomic E-state index is -0.831. The van der Waals surface area contributed by atoms with Gasteiger partial charge in [-0.05, 0) is 36.2 Å². The van der Waals surface area contributed by atoms with Crippen LogP contribution < -0.4 is 14.5 Å². The Morgan fingerprint density at radius 3 is 2.54 bits per heavy atom. The maximum absolute atomic E-state index is 13.0. The zero-order valence-corrected chi connectivity index (χ0v) is 19.7. The van der Waals surface area contributed by atoms with Gasteiger partial charge in [-0.25, -0.2) is 4.90 Å². The smallest absolute Gasteiger partial charge is 0.316 e. The maximum atomic E-state index is 13.0. The van der Waals surface area contributed by atoms with E-state index in [1.165, 1.54) is 36.4 Å². The summed E-state index contributed by atoms with van der Waals surface area (Å²) in [5.74, 6) is -2.94. The van der Waals surface area contributed by atoms with Gasteiger partial charge in [-0.3, -0.25) is 29.3 Å². The van der Waals surface area contributed by atoms with Crippen LogP contribution in [0.5, 0.6) is 5.75 Å². The van der Waals surface area contributed by atoms with E-state index < -0.39 is 34.3 Å². The van der Waals surface area contributed by atoms with Crippen LogP contribution in [-0.2, 0) is 16.0 Å². The Hall–Kier alpha value is -4.86. The van der Waals surface area contributed by atoms with Crippen molar-refractivity contribution < 1.29 is 28.8 Å². The number of fused-ring (bicyclic) bond motifs is 1. The maximum Gasteiger partial charge on any atom is 0.316 e. The molecular formula is C27H21N3O7. The molecule has 1 fully saturated rings. The number of amides is 3. The topological polar surface area (TPSA) is 127 Å². The van der Waals surface area contributed by atoms with Crippen LogP contribution in [0.1, 0.15) is 39.6 Å². The highest BCUT2D eigenvalue weighted by Crippen LogP contribution is 2.35. The molecule has 10 heteroatoms. The number of nitrogens with zero attached hydrogens (tertiary/aromatic N) is 3. The first-order chi connectivity index (χ1) is 17.8. The van der Waals surface area contributed by atoms with Crippen LogP contribution in [0.2, 0.25) is 0 Å². The van der Waals surface area contributed by atoms with Crippen LogP contribution in [0.15, 0.2) is 66.7 Å². The molecule has 0 aromatic heterocycles. The molecule has 3 amide bonds. The molecule has 2 aliphatic rings. The Labute approximate surface area is 211 Å². The molecule has 1 saturated heterocycles. The van der Waals surface area contributed by atoms with Crippen LogP contribution in [-0.4, -0.2) is 35.2 Å².